The molecule has 5 heteroatoms. The van der Waals surface area contributed by atoms with Crippen LogP contribution in [0, 0.1) is 0 Å². The standard InChI is InChI=1S/C14H18N2.BrH.2H2O/c1-15(2)12-9-5-7-11-8-6-10-13(14(11)12)16(3)4;;;/h5-10H,1-4H3;1H;2*1H2. The van der Waals surface area contributed by atoms with Gasteiger partial charge in [-0.2, -0.15) is 0 Å². The average molecular weight is 331 g/mol. The third-order valence-corrected chi connectivity index (χ3v) is 2.82. The summed E-state index contributed by atoms with van der Waals surface area (Å²) < 4.78 is 0. The number of rotatable bonds is 2. The van der Waals surface area contributed by atoms with E-state index in [1.165, 1.54) is 22.1 Å². The second-order valence-electron chi connectivity index (χ2n) is 4.44. The van der Waals surface area contributed by atoms with Gasteiger partial charge in [0.25, 0.3) is 0 Å². The van der Waals surface area contributed by atoms with Crippen molar-refractivity contribution in [2.24, 2.45) is 0 Å². The van der Waals surface area contributed by atoms with Gasteiger partial charge in [-0.15, -0.1) is 17.0 Å². The Labute approximate surface area is 125 Å². The van der Waals surface area contributed by atoms with Gasteiger partial charge in [-0.1, -0.05) is 24.3 Å². The maximum atomic E-state index is 2.16. The lowest BCUT2D eigenvalue weighted by Gasteiger charge is -2.21. The van der Waals surface area contributed by atoms with Gasteiger partial charge >= 0.3 is 0 Å². The number of fused-ring (bicyclic) bond motifs is 1. The molecule has 0 spiro atoms. The minimum atomic E-state index is 0. The summed E-state index contributed by atoms with van der Waals surface area (Å²) in [6, 6.07) is 12.9. The number of halogens is 1. The van der Waals surface area contributed by atoms with Crippen LogP contribution in [-0.4, -0.2) is 39.1 Å². The highest BCUT2D eigenvalue weighted by molar-refractivity contribution is 8.93. The molecule has 0 heterocycles. The van der Waals surface area contributed by atoms with E-state index in [4.69, 9.17) is 0 Å². The summed E-state index contributed by atoms with van der Waals surface area (Å²) in [5.41, 5.74) is 2.53. The number of hydrogen-bond donors (Lipinski definition) is 0. The first-order valence-electron chi connectivity index (χ1n) is 5.47. The Morgan fingerprint density at radius 3 is 1.37 bits per heavy atom. The van der Waals surface area contributed by atoms with Crippen LogP contribution in [0.15, 0.2) is 36.4 Å². The zero-order valence-electron chi connectivity index (χ0n) is 11.8. The van der Waals surface area contributed by atoms with E-state index in [9.17, 15) is 0 Å². The molecule has 0 amide bonds. The second kappa shape index (κ2) is 7.99. The largest absolute Gasteiger partial charge is 0.412 e. The molecule has 0 saturated heterocycles. The number of hydrogen-bond acceptors (Lipinski definition) is 2. The van der Waals surface area contributed by atoms with E-state index >= 15 is 0 Å². The molecule has 0 aliphatic carbocycles. The van der Waals surface area contributed by atoms with Gasteiger partial charge in [0.2, 0.25) is 0 Å². The van der Waals surface area contributed by atoms with E-state index in [-0.39, 0.29) is 27.9 Å². The topological polar surface area (TPSA) is 69.5 Å². The van der Waals surface area contributed by atoms with Gasteiger partial charge in [-0.25, -0.2) is 0 Å². The third kappa shape index (κ3) is 3.83. The molecule has 4 nitrogen and oxygen atoms in total. The molecule has 2 aromatic carbocycles. The van der Waals surface area contributed by atoms with Crippen LogP contribution in [0.3, 0.4) is 0 Å². The first-order valence-corrected chi connectivity index (χ1v) is 5.47. The average Bonchev–Trinajstić information content (AvgIpc) is 2.27. The van der Waals surface area contributed by atoms with Crippen molar-refractivity contribution in [2.45, 2.75) is 0 Å². The summed E-state index contributed by atoms with van der Waals surface area (Å²) in [6.45, 7) is 0. The van der Waals surface area contributed by atoms with Crippen LogP contribution in [0.5, 0.6) is 0 Å². The van der Waals surface area contributed by atoms with Gasteiger partial charge in [0, 0.05) is 45.0 Å². The summed E-state index contributed by atoms with van der Waals surface area (Å²) >= 11 is 0. The zero-order chi connectivity index (χ0) is 11.7. The molecule has 0 fully saturated rings. The fourth-order valence-electron chi connectivity index (χ4n) is 2.05. The van der Waals surface area contributed by atoms with Crippen LogP contribution < -0.4 is 9.80 Å². The van der Waals surface area contributed by atoms with Crippen LogP contribution in [-0.2, 0) is 0 Å². The van der Waals surface area contributed by atoms with Crippen molar-refractivity contribution in [1.29, 1.82) is 0 Å². The van der Waals surface area contributed by atoms with Crippen LogP contribution in [0.1, 0.15) is 0 Å². The van der Waals surface area contributed by atoms with Crippen molar-refractivity contribution in [3.05, 3.63) is 36.4 Å². The quantitative estimate of drug-likeness (QED) is 0.843. The highest BCUT2D eigenvalue weighted by Crippen LogP contribution is 2.33. The predicted octanol–water partition coefficient (Wildman–Crippen LogP) is 1.90. The minimum absolute atomic E-state index is 0. The monoisotopic (exact) mass is 330 g/mol. The van der Waals surface area contributed by atoms with Crippen LogP contribution in [0.25, 0.3) is 10.8 Å². The highest BCUT2D eigenvalue weighted by atomic mass is 79.9. The van der Waals surface area contributed by atoms with Crippen molar-refractivity contribution < 1.29 is 11.0 Å². The molecule has 4 N–H and O–H groups in total. The fraction of sp³-hybridized carbons (Fsp3) is 0.286. The molecular weight excluding hydrogens is 308 g/mol. The van der Waals surface area contributed by atoms with Crippen molar-refractivity contribution in [3.63, 3.8) is 0 Å². The minimum Gasteiger partial charge on any atom is -0.412 e. The van der Waals surface area contributed by atoms with Gasteiger partial charge in [-0.3, -0.25) is 0 Å². The molecule has 0 atom stereocenters. The molecule has 19 heavy (non-hydrogen) atoms. The molecule has 0 aromatic heterocycles. The summed E-state index contributed by atoms with van der Waals surface area (Å²) in [4.78, 5) is 4.32. The smallest absolute Gasteiger partial charge is 0.0461 e. The maximum Gasteiger partial charge on any atom is 0.0461 e. The molecule has 0 aliphatic heterocycles. The second-order valence-corrected chi connectivity index (χ2v) is 4.44. The lowest BCUT2D eigenvalue weighted by atomic mass is 10.1. The molecule has 0 unspecified atom stereocenters. The third-order valence-electron chi connectivity index (χ3n) is 2.82. The van der Waals surface area contributed by atoms with Crippen molar-refractivity contribution in [2.75, 3.05) is 38.0 Å². The van der Waals surface area contributed by atoms with E-state index < -0.39 is 0 Å². The first-order chi connectivity index (χ1) is 7.61. The van der Waals surface area contributed by atoms with Crippen LogP contribution in [0.2, 0.25) is 0 Å². The maximum absolute atomic E-state index is 2.16. The van der Waals surface area contributed by atoms with E-state index in [1.807, 2.05) is 0 Å². The van der Waals surface area contributed by atoms with Gasteiger partial charge < -0.3 is 20.8 Å². The van der Waals surface area contributed by atoms with Crippen molar-refractivity contribution >= 4 is 39.1 Å². The van der Waals surface area contributed by atoms with Crippen LogP contribution >= 0.6 is 17.0 Å². The molecule has 0 radical (unpaired) electrons. The first kappa shape index (κ1) is 20.0. The Morgan fingerprint density at radius 2 is 1.05 bits per heavy atom. The fourth-order valence-corrected chi connectivity index (χ4v) is 2.05. The van der Waals surface area contributed by atoms with Crippen molar-refractivity contribution in [1.82, 2.24) is 0 Å². The van der Waals surface area contributed by atoms with Gasteiger partial charge in [-0.05, 0) is 17.5 Å². The number of benzene rings is 2. The van der Waals surface area contributed by atoms with E-state index in [0.29, 0.717) is 0 Å². The Morgan fingerprint density at radius 1 is 0.684 bits per heavy atom. The normalized spacial score (nSPS) is 8.84. The molecule has 108 valence electrons. The molecule has 2 rings (SSSR count). The van der Waals surface area contributed by atoms with Gasteiger partial charge in [0.15, 0.2) is 0 Å². The molecule has 0 aliphatic rings. The zero-order valence-corrected chi connectivity index (χ0v) is 13.5. The molecular formula is C14H23BrN2O2. The molecule has 0 saturated carbocycles. The van der Waals surface area contributed by atoms with Crippen molar-refractivity contribution in [3.8, 4) is 0 Å². The highest BCUT2D eigenvalue weighted by Gasteiger charge is 2.08. The summed E-state index contributed by atoms with van der Waals surface area (Å²) in [7, 11) is 8.34. The Hall–Kier alpha value is -1.30. The van der Waals surface area contributed by atoms with Gasteiger partial charge in [0.05, 0.1) is 0 Å². The lowest BCUT2D eigenvalue weighted by Crippen LogP contribution is -2.13. The van der Waals surface area contributed by atoms with Crippen LogP contribution in [0.4, 0.5) is 11.4 Å². The summed E-state index contributed by atoms with van der Waals surface area (Å²) in [5.74, 6) is 0. The Bertz CT molecular complexity index is 473. The van der Waals surface area contributed by atoms with Gasteiger partial charge in [0.1, 0.15) is 0 Å². The SMILES string of the molecule is Br.CN(C)c1cccc2cccc(N(C)C)c12.O.O. The predicted molar refractivity (Wildman–Crippen MR) is 90.2 cm³/mol. The Kier molecular flexibility index (Phi) is 8.42. The number of nitrogens with zero attached hydrogens (tertiary/aromatic N) is 2. The Balaban J connectivity index is 0. The summed E-state index contributed by atoms with van der Waals surface area (Å²) in [6.07, 6.45) is 0. The van der Waals surface area contributed by atoms with E-state index in [1.54, 1.807) is 0 Å². The summed E-state index contributed by atoms with van der Waals surface area (Å²) in [5, 5.41) is 2.61. The molecule has 2 aromatic rings. The number of anilines is 2. The molecule has 0 bridgehead atoms. The van der Waals surface area contributed by atoms with E-state index in [2.05, 4.69) is 74.4 Å². The lowest BCUT2D eigenvalue weighted by molar-refractivity contribution is 0.823. The van der Waals surface area contributed by atoms with E-state index in [0.717, 1.165) is 0 Å².